The Balaban J connectivity index is 0.000000240. The van der Waals surface area contributed by atoms with Gasteiger partial charge in [0.2, 0.25) is 0 Å². The monoisotopic (exact) mass is 276 g/mol. The zero-order chi connectivity index (χ0) is 15.0. The highest BCUT2D eigenvalue weighted by Crippen LogP contribution is 2.22. The zero-order valence-electron chi connectivity index (χ0n) is 11.7. The minimum absolute atomic E-state index is 0.0372. The second kappa shape index (κ2) is 8.25. The summed E-state index contributed by atoms with van der Waals surface area (Å²) in [6.45, 7) is 2.08. The zero-order valence-corrected chi connectivity index (χ0v) is 11.7. The molecule has 0 heterocycles. The summed E-state index contributed by atoms with van der Waals surface area (Å²) in [7, 11) is 0. The van der Waals surface area contributed by atoms with Crippen LogP contribution in [-0.4, -0.2) is 22.6 Å². The van der Waals surface area contributed by atoms with Crippen molar-refractivity contribution in [2.45, 2.75) is 39.0 Å². The SMILES string of the molecule is Cc1ccccc1.O=C(O)CCC1CC(=O)CC(=O)C1. The molecule has 0 radical (unpaired) electrons. The molecule has 0 atom stereocenters. The van der Waals surface area contributed by atoms with Gasteiger partial charge in [-0.25, -0.2) is 0 Å². The van der Waals surface area contributed by atoms with Crippen LogP contribution in [0.3, 0.4) is 0 Å². The van der Waals surface area contributed by atoms with Crippen molar-refractivity contribution in [3.8, 4) is 0 Å². The van der Waals surface area contributed by atoms with Gasteiger partial charge in [0, 0.05) is 19.3 Å². The lowest BCUT2D eigenvalue weighted by Gasteiger charge is -2.18. The molecule has 1 aromatic rings. The summed E-state index contributed by atoms with van der Waals surface area (Å²) in [5.74, 6) is -1.01. The highest BCUT2D eigenvalue weighted by Gasteiger charge is 2.25. The Morgan fingerprint density at radius 2 is 1.70 bits per heavy atom. The van der Waals surface area contributed by atoms with Gasteiger partial charge in [-0.05, 0) is 19.3 Å². The van der Waals surface area contributed by atoms with Gasteiger partial charge in [-0.15, -0.1) is 0 Å². The Hall–Kier alpha value is -1.97. The average molecular weight is 276 g/mol. The number of carbonyl (C=O) groups excluding carboxylic acids is 2. The molecule has 1 aliphatic rings. The molecule has 0 saturated heterocycles. The minimum Gasteiger partial charge on any atom is -0.481 e. The molecule has 1 aromatic carbocycles. The first-order valence-electron chi connectivity index (χ1n) is 6.74. The maximum absolute atomic E-state index is 11.0. The second-order valence-electron chi connectivity index (χ2n) is 5.12. The summed E-state index contributed by atoms with van der Waals surface area (Å²) in [5, 5.41) is 8.41. The number of aliphatic carboxylic acids is 1. The molecule has 0 aromatic heterocycles. The number of rotatable bonds is 3. The summed E-state index contributed by atoms with van der Waals surface area (Å²) in [6.07, 6.45) is 1.28. The fraction of sp³-hybridized carbons (Fsp3) is 0.438. The molecular weight excluding hydrogens is 256 g/mol. The highest BCUT2D eigenvalue weighted by molar-refractivity contribution is 6.01. The molecule has 4 nitrogen and oxygen atoms in total. The van der Waals surface area contributed by atoms with Crippen LogP contribution in [0.15, 0.2) is 30.3 Å². The van der Waals surface area contributed by atoms with Gasteiger partial charge >= 0.3 is 5.97 Å². The standard InChI is InChI=1S/C9H12O4.C7H8/c10-7-3-6(1-2-9(12)13)4-8(11)5-7;1-7-5-3-2-4-6-7/h6H,1-5H2,(H,12,13);2-6H,1H3. The molecule has 0 amide bonds. The van der Waals surface area contributed by atoms with Crippen molar-refractivity contribution in [3.63, 3.8) is 0 Å². The van der Waals surface area contributed by atoms with E-state index in [4.69, 9.17) is 5.11 Å². The molecule has 0 spiro atoms. The number of carboxylic acids is 1. The lowest BCUT2D eigenvalue weighted by atomic mass is 9.84. The highest BCUT2D eigenvalue weighted by atomic mass is 16.4. The van der Waals surface area contributed by atoms with E-state index in [1.165, 1.54) is 5.56 Å². The van der Waals surface area contributed by atoms with Crippen molar-refractivity contribution in [3.05, 3.63) is 35.9 Å². The molecule has 20 heavy (non-hydrogen) atoms. The number of aryl methyl sites for hydroxylation is 1. The van der Waals surface area contributed by atoms with Crippen LogP contribution in [0.1, 0.15) is 37.7 Å². The van der Waals surface area contributed by atoms with E-state index in [0.717, 1.165) is 0 Å². The van der Waals surface area contributed by atoms with E-state index in [0.29, 0.717) is 19.3 Å². The van der Waals surface area contributed by atoms with Crippen LogP contribution in [-0.2, 0) is 14.4 Å². The van der Waals surface area contributed by atoms with Gasteiger partial charge in [0.15, 0.2) is 0 Å². The fourth-order valence-electron chi connectivity index (χ4n) is 2.15. The quantitative estimate of drug-likeness (QED) is 0.862. The van der Waals surface area contributed by atoms with Gasteiger partial charge < -0.3 is 5.11 Å². The first kappa shape index (κ1) is 16.1. The van der Waals surface area contributed by atoms with Crippen LogP contribution in [0.4, 0.5) is 0 Å². The van der Waals surface area contributed by atoms with Crippen molar-refractivity contribution >= 4 is 17.5 Å². The van der Waals surface area contributed by atoms with Crippen LogP contribution >= 0.6 is 0 Å². The summed E-state index contributed by atoms with van der Waals surface area (Å²) in [5.41, 5.74) is 1.32. The number of ketones is 2. The molecular formula is C16H20O4. The molecule has 2 rings (SSSR count). The largest absolute Gasteiger partial charge is 0.481 e. The van der Waals surface area contributed by atoms with Gasteiger partial charge in [-0.3, -0.25) is 14.4 Å². The summed E-state index contributed by atoms with van der Waals surface area (Å²) >= 11 is 0. The second-order valence-corrected chi connectivity index (χ2v) is 5.12. The van der Waals surface area contributed by atoms with Crippen molar-refractivity contribution in [1.29, 1.82) is 0 Å². The van der Waals surface area contributed by atoms with E-state index in [-0.39, 0.29) is 30.3 Å². The van der Waals surface area contributed by atoms with Gasteiger partial charge in [0.05, 0.1) is 6.42 Å². The Labute approximate surface area is 118 Å². The van der Waals surface area contributed by atoms with E-state index >= 15 is 0 Å². The molecule has 0 aliphatic heterocycles. The van der Waals surface area contributed by atoms with E-state index in [1.807, 2.05) is 18.2 Å². The van der Waals surface area contributed by atoms with Crippen LogP contribution < -0.4 is 0 Å². The van der Waals surface area contributed by atoms with Crippen molar-refractivity contribution in [1.82, 2.24) is 0 Å². The molecule has 0 unspecified atom stereocenters. The number of carboxylic acid groups (broad SMARTS) is 1. The maximum atomic E-state index is 11.0. The summed E-state index contributed by atoms with van der Waals surface area (Å²) in [4.78, 5) is 32.2. The van der Waals surface area contributed by atoms with Crippen molar-refractivity contribution in [2.75, 3.05) is 0 Å². The van der Waals surface area contributed by atoms with Gasteiger partial charge in [0.25, 0.3) is 0 Å². The number of Topliss-reactive ketones (excluding diaryl/α,β-unsaturated/α-hetero) is 2. The number of hydrogen-bond donors (Lipinski definition) is 1. The van der Waals surface area contributed by atoms with Gasteiger partial charge in [0.1, 0.15) is 11.6 Å². The fourth-order valence-corrected chi connectivity index (χ4v) is 2.15. The van der Waals surface area contributed by atoms with E-state index in [1.54, 1.807) is 0 Å². The van der Waals surface area contributed by atoms with Gasteiger partial charge in [-0.2, -0.15) is 0 Å². The van der Waals surface area contributed by atoms with E-state index in [9.17, 15) is 14.4 Å². The number of benzene rings is 1. The van der Waals surface area contributed by atoms with E-state index in [2.05, 4.69) is 19.1 Å². The Bertz CT molecular complexity index is 449. The lowest BCUT2D eigenvalue weighted by molar-refractivity contribution is -0.138. The molecule has 1 fully saturated rings. The summed E-state index contributed by atoms with van der Waals surface area (Å²) in [6, 6.07) is 10.3. The first-order valence-corrected chi connectivity index (χ1v) is 6.74. The van der Waals surface area contributed by atoms with Gasteiger partial charge in [-0.1, -0.05) is 35.9 Å². The minimum atomic E-state index is -0.870. The van der Waals surface area contributed by atoms with Crippen molar-refractivity contribution in [2.24, 2.45) is 5.92 Å². The third kappa shape index (κ3) is 6.83. The van der Waals surface area contributed by atoms with Crippen LogP contribution in [0, 0.1) is 12.8 Å². The average Bonchev–Trinajstić information content (AvgIpc) is 2.37. The smallest absolute Gasteiger partial charge is 0.303 e. The van der Waals surface area contributed by atoms with Crippen LogP contribution in [0.2, 0.25) is 0 Å². The van der Waals surface area contributed by atoms with E-state index < -0.39 is 5.97 Å². The normalized spacial score (nSPS) is 15.4. The predicted molar refractivity (Wildman–Crippen MR) is 75.4 cm³/mol. The van der Waals surface area contributed by atoms with Crippen LogP contribution in [0.5, 0.6) is 0 Å². The number of hydrogen-bond acceptors (Lipinski definition) is 3. The lowest BCUT2D eigenvalue weighted by Crippen LogP contribution is -2.23. The predicted octanol–water partition coefficient (Wildman–Crippen LogP) is 2.78. The first-order chi connectivity index (χ1) is 9.47. The Kier molecular flexibility index (Phi) is 6.64. The molecule has 1 N–H and O–H groups in total. The maximum Gasteiger partial charge on any atom is 0.303 e. The summed E-state index contributed by atoms with van der Waals surface area (Å²) < 4.78 is 0. The third-order valence-electron chi connectivity index (χ3n) is 3.13. The van der Waals surface area contributed by atoms with Crippen LogP contribution in [0.25, 0.3) is 0 Å². The molecule has 4 heteroatoms. The third-order valence-corrected chi connectivity index (χ3v) is 3.13. The molecule has 1 saturated carbocycles. The molecule has 108 valence electrons. The number of carbonyl (C=O) groups is 3. The Morgan fingerprint density at radius 3 is 2.10 bits per heavy atom. The Morgan fingerprint density at radius 1 is 1.15 bits per heavy atom. The molecule has 1 aliphatic carbocycles. The topological polar surface area (TPSA) is 71.4 Å². The van der Waals surface area contributed by atoms with Crippen molar-refractivity contribution < 1.29 is 19.5 Å². The molecule has 0 bridgehead atoms.